The summed E-state index contributed by atoms with van der Waals surface area (Å²) < 4.78 is 0. The van der Waals surface area contributed by atoms with E-state index in [2.05, 4.69) is 0 Å². The fourth-order valence-electron chi connectivity index (χ4n) is 1.27. The van der Waals surface area contributed by atoms with Crippen LogP contribution in [0.1, 0.15) is 18.9 Å². The normalized spacial score (nSPS) is 12.1. The predicted molar refractivity (Wildman–Crippen MR) is 66.1 cm³/mol. The largest absolute Gasteiger partial charge is 0.480 e. The van der Waals surface area contributed by atoms with Crippen molar-refractivity contribution in [2.24, 2.45) is 0 Å². The van der Waals surface area contributed by atoms with Gasteiger partial charge in [0.2, 0.25) is 0 Å². The molecule has 0 aliphatic carbocycles. The van der Waals surface area contributed by atoms with Crippen LogP contribution in [-0.2, 0) is 10.5 Å². The van der Waals surface area contributed by atoms with Crippen molar-refractivity contribution >= 4 is 23.4 Å². The summed E-state index contributed by atoms with van der Waals surface area (Å²) >= 11 is 1.33. The van der Waals surface area contributed by atoms with E-state index < -0.39 is 16.1 Å². The molecule has 0 spiro atoms. The number of carboxylic acids is 1. The Balaban J connectivity index is 2.58. The van der Waals surface area contributed by atoms with Crippen LogP contribution < -0.4 is 0 Å². The molecule has 0 aromatic heterocycles. The van der Waals surface area contributed by atoms with Crippen molar-refractivity contribution in [1.82, 2.24) is 0 Å². The van der Waals surface area contributed by atoms with Crippen molar-refractivity contribution < 1.29 is 14.8 Å². The molecule has 17 heavy (non-hydrogen) atoms. The smallest absolute Gasteiger partial charge is 0.316 e. The van der Waals surface area contributed by atoms with Gasteiger partial charge in [0.05, 0.1) is 4.92 Å². The SMILES string of the molecule is CCC(SCc1ccc([N+](=O)[O-])cc1)C(=O)O. The van der Waals surface area contributed by atoms with E-state index in [0.29, 0.717) is 12.2 Å². The maximum atomic E-state index is 10.8. The minimum absolute atomic E-state index is 0.0454. The average molecular weight is 255 g/mol. The molecule has 0 fully saturated rings. The molecule has 92 valence electrons. The molecule has 1 aromatic carbocycles. The van der Waals surface area contributed by atoms with Gasteiger partial charge in [-0.1, -0.05) is 19.1 Å². The molecule has 0 radical (unpaired) electrons. The van der Waals surface area contributed by atoms with Crippen molar-refractivity contribution in [3.05, 3.63) is 39.9 Å². The van der Waals surface area contributed by atoms with Crippen LogP contribution >= 0.6 is 11.8 Å². The van der Waals surface area contributed by atoms with Gasteiger partial charge >= 0.3 is 5.97 Å². The molecule has 5 nitrogen and oxygen atoms in total. The number of rotatable bonds is 6. The molecule has 6 heteroatoms. The number of nitro groups is 1. The van der Waals surface area contributed by atoms with Crippen LogP contribution in [0.15, 0.2) is 24.3 Å². The van der Waals surface area contributed by atoms with Crippen LogP contribution in [0.3, 0.4) is 0 Å². The lowest BCUT2D eigenvalue weighted by Crippen LogP contribution is -2.15. The first-order chi connectivity index (χ1) is 8.04. The Bertz CT molecular complexity index is 404. The predicted octanol–water partition coefficient (Wildman–Crippen LogP) is 2.69. The van der Waals surface area contributed by atoms with E-state index in [1.807, 2.05) is 6.92 Å². The third-order valence-corrected chi connectivity index (χ3v) is 3.68. The molecular formula is C11H13NO4S. The summed E-state index contributed by atoms with van der Waals surface area (Å²) in [5.41, 5.74) is 0.935. The lowest BCUT2D eigenvalue weighted by molar-refractivity contribution is -0.384. The highest BCUT2D eigenvalue weighted by molar-refractivity contribution is 7.99. The number of carbonyl (C=O) groups is 1. The Morgan fingerprint density at radius 1 is 1.47 bits per heavy atom. The monoisotopic (exact) mass is 255 g/mol. The van der Waals surface area contributed by atoms with Crippen LogP contribution in [0.5, 0.6) is 0 Å². The summed E-state index contributed by atoms with van der Waals surface area (Å²) in [6, 6.07) is 6.16. The van der Waals surface area contributed by atoms with Gasteiger partial charge in [0, 0.05) is 17.9 Å². The van der Waals surface area contributed by atoms with Crippen LogP contribution in [0.25, 0.3) is 0 Å². The van der Waals surface area contributed by atoms with Gasteiger partial charge in [-0.3, -0.25) is 14.9 Å². The van der Waals surface area contributed by atoms with Gasteiger partial charge in [0.15, 0.2) is 0 Å². The van der Waals surface area contributed by atoms with E-state index >= 15 is 0 Å². The summed E-state index contributed by atoms with van der Waals surface area (Å²) in [4.78, 5) is 20.8. The molecule has 0 saturated carbocycles. The second-order valence-corrected chi connectivity index (χ2v) is 4.66. The number of benzene rings is 1. The fraction of sp³-hybridized carbons (Fsp3) is 0.364. The summed E-state index contributed by atoms with van der Waals surface area (Å²) in [5, 5.41) is 18.9. The van der Waals surface area contributed by atoms with E-state index in [-0.39, 0.29) is 5.69 Å². The molecule has 1 N–H and O–H groups in total. The number of hydrogen-bond acceptors (Lipinski definition) is 4. The molecular weight excluding hydrogens is 242 g/mol. The van der Waals surface area contributed by atoms with Gasteiger partial charge in [-0.15, -0.1) is 11.8 Å². The average Bonchev–Trinajstić information content (AvgIpc) is 2.30. The third kappa shape index (κ3) is 4.07. The van der Waals surface area contributed by atoms with E-state index in [1.54, 1.807) is 12.1 Å². The third-order valence-electron chi connectivity index (χ3n) is 2.24. The number of hydrogen-bond donors (Lipinski definition) is 1. The number of thioether (sulfide) groups is 1. The lowest BCUT2D eigenvalue weighted by Gasteiger charge is -2.08. The molecule has 0 aliphatic heterocycles. The van der Waals surface area contributed by atoms with Gasteiger partial charge in [-0.05, 0) is 12.0 Å². The van der Waals surface area contributed by atoms with Gasteiger partial charge < -0.3 is 5.11 Å². The van der Waals surface area contributed by atoms with Crippen LogP contribution in [0.2, 0.25) is 0 Å². The van der Waals surface area contributed by atoms with Crippen molar-refractivity contribution in [2.75, 3.05) is 0 Å². The fourth-order valence-corrected chi connectivity index (χ4v) is 2.24. The molecule has 1 unspecified atom stereocenters. The first-order valence-electron chi connectivity index (χ1n) is 5.12. The van der Waals surface area contributed by atoms with Gasteiger partial charge in [-0.25, -0.2) is 0 Å². The zero-order valence-electron chi connectivity index (χ0n) is 9.33. The van der Waals surface area contributed by atoms with Crippen molar-refractivity contribution in [3.8, 4) is 0 Å². The molecule has 1 aromatic rings. The second kappa shape index (κ2) is 6.24. The first kappa shape index (κ1) is 13.5. The van der Waals surface area contributed by atoms with Crippen LogP contribution in [-0.4, -0.2) is 21.2 Å². The Morgan fingerprint density at radius 3 is 2.47 bits per heavy atom. The van der Waals surface area contributed by atoms with Crippen molar-refractivity contribution in [1.29, 1.82) is 0 Å². The Morgan fingerprint density at radius 2 is 2.06 bits per heavy atom. The maximum Gasteiger partial charge on any atom is 0.316 e. The summed E-state index contributed by atoms with van der Waals surface area (Å²) in [6.45, 7) is 1.82. The lowest BCUT2D eigenvalue weighted by atomic mass is 10.2. The topological polar surface area (TPSA) is 80.4 Å². The highest BCUT2D eigenvalue weighted by Crippen LogP contribution is 2.22. The van der Waals surface area contributed by atoms with E-state index in [4.69, 9.17) is 5.11 Å². The molecule has 0 bridgehead atoms. The number of aliphatic carboxylic acids is 1. The maximum absolute atomic E-state index is 10.8. The standard InChI is InChI=1S/C11H13NO4S/c1-2-10(11(13)14)17-7-8-3-5-9(6-4-8)12(15)16/h3-6,10H,2,7H2,1H3,(H,13,14). The zero-order valence-corrected chi connectivity index (χ0v) is 10.1. The minimum Gasteiger partial charge on any atom is -0.480 e. The molecule has 1 rings (SSSR count). The van der Waals surface area contributed by atoms with Crippen LogP contribution in [0.4, 0.5) is 5.69 Å². The van der Waals surface area contributed by atoms with Crippen LogP contribution in [0, 0.1) is 10.1 Å². The van der Waals surface area contributed by atoms with Crippen molar-refractivity contribution in [3.63, 3.8) is 0 Å². The molecule has 0 amide bonds. The Hall–Kier alpha value is -1.56. The number of nitrogens with zero attached hydrogens (tertiary/aromatic N) is 1. The highest BCUT2D eigenvalue weighted by Gasteiger charge is 2.15. The van der Waals surface area contributed by atoms with E-state index in [0.717, 1.165) is 5.56 Å². The molecule has 0 aliphatic rings. The van der Waals surface area contributed by atoms with Crippen molar-refractivity contribution in [2.45, 2.75) is 24.3 Å². The van der Waals surface area contributed by atoms with Gasteiger partial charge in [-0.2, -0.15) is 0 Å². The van der Waals surface area contributed by atoms with Gasteiger partial charge in [0.1, 0.15) is 5.25 Å². The van der Waals surface area contributed by atoms with E-state index in [1.165, 1.54) is 23.9 Å². The Kier molecular flexibility index (Phi) is 4.96. The molecule has 1 atom stereocenters. The quantitative estimate of drug-likeness (QED) is 0.624. The van der Waals surface area contributed by atoms with E-state index in [9.17, 15) is 14.9 Å². The minimum atomic E-state index is -0.820. The number of non-ortho nitro benzene ring substituents is 1. The number of carboxylic acid groups (broad SMARTS) is 1. The first-order valence-corrected chi connectivity index (χ1v) is 6.17. The molecule has 0 saturated heterocycles. The highest BCUT2D eigenvalue weighted by atomic mass is 32.2. The summed E-state index contributed by atoms with van der Waals surface area (Å²) in [7, 11) is 0. The summed E-state index contributed by atoms with van der Waals surface area (Å²) in [5.74, 6) is -0.276. The second-order valence-electron chi connectivity index (χ2n) is 3.47. The summed E-state index contributed by atoms with van der Waals surface area (Å²) in [6.07, 6.45) is 0.562. The number of nitro benzene ring substituents is 1. The zero-order chi connectivity index (χ0) is 12.8. The Labute approximate surface area is 103 Å². The van der Waals surface area contributed by atoms with Gasteiger partial charge in [0.25, 0.3) is 5.69 Å². The molecule has 0 heterocycles.